The molecule has 2 aromatic rings. The molecule has 1 aromatic heterocycles. The molecular weight excluding hydrogens is 343 g/mol. The summed E-state index contributed by atoms with van der Waals surface area (Å²) in [6.45, 7) is 0. The van der Waals surface area contributed by atoms with Crippen LogP contribution in [0, 0.1) is 3.57 Å². The van der Waals surface area contributed by atoms with Gasteiger partial charge in [0.2, 0.25) is 0 Å². The van der Waals surface area contributed by atoms with Crippen LogP contribution in [-0.4, -0.2) is 10.2 Å². The molecule has 0 saturated heterocycles. The molecule has 0 fully saturated rings. The molecule has 0 unspecified atom stereocenters. The summed E-state index contributed by atoms with van der Waals surface area (Å²) in [6.07, 6.45) is 1.76. The topological polar surface area (TPSA) is 28.7 Å². The van der Waals surface area contributed by atoms with Crippen molar-refractivity contribution < 1.29 is 0 Å². The second-order valence-electron chi connectivity index (χ2n) is 2.60. The predicted molar refractivity (Wildman–Crippen MR) is 64.4 cm³/mol. The highest BCUT2D eigenvalue weighted by atomic mass is 127. The minimum absolute atomic E-state index is 0.994. The van der Waals surface area contributed by atoms with Gasteiger partial charge in [0.05, 0.1) is 16.4 Å². The van der Waals surface area contributed by atoms with Crippen molar-refractivity contribution in [1.82, 2.24) is 10.2 Å². The Kier molecular flexibility index (Phi) is 2.69. The summed E-state index contributed by atoms with van der Waals surface area (Å²) in [5, 5.41) is 6.89. The van der Waals surface area contributed by atoms with E-state index in [0.717, 1.165) is 15.7 Å². The van der Waals surface area contributed by atoms with E-state index in [2.05, 4.69) is 73.0 Å². The molecule has 0 amide bonds. The number of nitrogens with zero attached hydrogens (tertiary/aromatic N) is 1. The first-order valence-corrected chi connectivity index (χ1v) is 5.59. The molecule has 0 spiro atoms. The second-order valence-corrected chi connectivity index (χ2v) is 4.70. The minimum atomic E-state index is 0.994. The highest BCUT2D eigenvalue weighted by Crippen LogP contribution is 2.25. The maximum Gasteiger partial charge on any atom is 0.0792 e. The van der Waals surface area contributed by atoms with Gasteiger partial charge in [-0.05, 0) is 50.7 Å². The molecule has 1 heterocycles. The third kappa shape index (κ3) is 1.94. The van der Waals surface area contributed by atoms with Crippen molar-refractivity contribution in [2.45, 2.75) is 0 Å². The van der Waals surface area contributed by atoms with Gasteiger partial charge in [0.15, 0.2) is 0 Å². The summed E-state index contributed by atoms with van der Waals surface area (Å²) < 4.78 is 2.23. The number of hydrogen-bond donors (Lipinski definition) is 1. The Bertz CT molecular complexity index is 408. The van der Waals surface area contributed by atoms with E-state index in [4.69, 9.17) is 0 Å². The summed E-state index contributed by atoms with van der Waals surface area (Å²) in [6, 6.07) is 8.28. The molecule has 0 radical (unpaired) electrons. The Balaban J connectivity index is 2.47. The van der Waals surface area contributed by atoms with Gasteiger partial charge in [0.25, 0.3) is 0 Å². The van der Waals surface area contributed by atoms with Crippen molar-refractivity contribution in [2.24, 2.45) is 0 Å². The maximum atomic E-state index is 3.95. The smallest absolute Gasteiger partial charge is 0.0792 e. The van der Waals surface area contributed by atoms with Gasteiger partial charge in [0.1, 0.15) is 0 Å². The molecule has 0 bridgehead atoms. The lowest BCUT2D eigenvalue weighted by atomic mass is 10.2. The summed E-state index contributed by atoms with van der Waals surface area (Å²) in [4.78, 5) is 0. The van der Waals surface area contributed by atoms with Crippen LogP contribution in [0.5, 0.6) is 0 Å². The zero-order valence-corrected chi connectivity index (χ0v) is 10.3. The summed E-state index contributed by atoms with van der Waals surface area (Å²) in [7, 11) is 0. The molecule has 0 aliphatic heterocycles. The first kappa shape index (κ1) is 9.21. The molecule has 1 aromatic carbocycles. The van der Waals surface area contributed by atoms with E-state index in [-0.39, 0.29) is 0 Å². The molecule has 1 N–H and O–H groups in total. The summed E-state index contributed by atoms with van der Waals surface area (Å²) >= 11 is 5.71. The van der Waals surface area contributed by atoms with Gasteiger partial charge >= 0.3 is 0 Å². The first-order valence-electron chi connectivity index (χ1n) is 3.72. The van der Waals surface area contributed by atoms with Crippen LogP contribution < -0.4 is 0 Å². The third-order valence-corrected chi connectivity index (χ3v) is 3.05. The lowest BCUT2D eigenvalue weighted by molar-refractivity contribution is 1.10. The molecule has 2 nitrogen and oxygen atoms in total. The Hall–Kier alpha value is -0.360. The second kappa shape index (κ2) is 3.79. The standard InChI is InChI=1S/C9H6BrIN2/c10-8-5-12-13-9(8)6-1-3-7(11)4-2-6/h1-5H,(H,12,13). The summed E-state index contributed by atoms with van der Waals surface area (Å²) in [5.41, 5.74) is 2.17. The zero-order valence-electron chi connectivity index (χ0n) is 6.59. The Labute approximate surface area is 98.0 Å². The van der Waals surface area contributed by atoms with Gasteiger partial charge in [-0.2, -0.15) is 5.10 Å². The number of H-pyrrole nitrogens is 1. The van der Waals surface area contributed by atoms with E-state index in [1.165, 1.54) is 3.57 Å². The van der Waals surface area contributed by atoms with E-state index in [0.29, 0.717) is 0 Å². The van der Waals surface area contributed by atoms with Crippen LogP contribution in [0.1, 0.15) is 0 Å². The van der Waals surface area contributed by atoms with E-state index in [9.17, 15) is 0 Å². The maximum absolute atomic E-state index is 3.95. The van der Waals surface area contributed by atoms with Crippen LogP contribution in [0.4, 0.5) is 0 Å². The molecule has 0 saturated carbocycles. The lowest BCUT2D eigenvalue weighted by Crippen LogP contribution is -1.79. The molecule has 4 heteroatoms. The van der Waals surface area contributed by atoms with Crippen molar-refractivity contribution in [1.29, 1.82) is 0 Å². The fourth-order valence-electron chi connectivity index (χ4n) is 1.09. The van der Waals surface area contributed by atoms with Crippen LogP contribution >= 0.6 is 38.5 Å². The molecule has 0 aliphatic rings. The van der Waals surface area contributed by atoms with Gasteiger partial charge in [-0.3, -0.25) is 5.10 Å². The highest BCUT2D eigenvalue weighted by Gasteiger charge is 2.03. The number of hydrogen-bond acceptors (Lipinski definition) is 1. The molecule has 0 aliphatic carbocycles. The molecule has 13 heavy (non-hydrogen) atoms. The van der Waals surface area contributed by atoms with Crippen LogP contribution in [0.3, 0.4) is 0 Å². The number of aromatic amines is 1. The van der Waals surface area contributed by atoms with Crippen molar-refractivity contribution in [3.63, 3.8) is 0 Å². The van der Waals surface area contributed by atoms with Crippen molar-refractivity contribution in [3.8, 4) is 11.3 Å². The van der Waals surface area contributed by atoms with Crippen LogP contribution in [0.25, 0.3) is 11.3 Å². The Morgan fingerprint density at radius 1 is 1.23 bits per heavy atom. The van der Waals surface area contributed by atoms with Gasteiger partial charge in [0, 0.05) is 9.13 Å². The number of halogens is 2. The monoisotopic (exact) mass is 348 g/mol. The number of rotatable bonds is 1. The average molecular weight is 349 g/mol. The summed E-state index contributed by atoms with van der Waals surface area (Å²) in [5.74, 6) is 0. The number of nitrogens with one attached hydrogen (secondary N) is 1. The molecule has 2 rings (SSSR count). The van der Waals surface area contributed by atoms with E-state index in [1.807, 2.05) is 0 Å². The van der Waals surface area contributed by atoms with Gasteiger partial charge in [-0.1, -0.05) is 12.1 Å². The fraction of sp³-hybridized carbons (Fsp3) is 0. The number of aromatic nitrogens is 2. The molecule has 66 valence electrons. The largest absolute Gasteiger partial charge is 0.277 e. The van der Waals surface area contributed by atoms with Crippen LogP contribution in [0.2, 0.25) is 0 Å². The average Bonchev–Trinajstić information content (AvgIpc) is 2.53. The van der Waals surface area contributed by atoms with Gasteiger partial charge in [-0.25, -0.2) is 0 Å². The zero-order chi connectivity index (χ0) is 9.26. The Morgan fingerprint density at radius 3 is 2.46 bits per heavy atom. The quantitative estimate of drug-likeness (QED) is 0.786. The third-order valence-electron chi connectivity index (χ3n) is 1.73. The lowest BCUT2D eigenvalue weighted by Gasteiger charge is -1.98. The minimum Gasteiger partial charge on any atom is -0.277 e. The van der Waals surface area contributed by atoms with Gasteiger partial charge < -0.3 is 0 Å². The van der Waals surface area contributed by atoms with Crippen molar-refractivity contribution in [2.75, 3.05) is 0 Å². The molecular formula is C9H6BrIN2. The van der Waals surface area contributed by atoms with Crippen LogP contribution in [0.15, 0.2) is 34.9 Å². The van der Waals surface area contributed by atoms with E-state index < -0.39 is 0 Å². The number of benzene rings is 1. The van der Waals surface area contributed by atoms with E-state index in [1.54, 1.807) is 6.20 Å². The van der Waals surface area contributed by atoms with Crippen LogP contribution in [-0.2, 0) is 0 Å². The fourth-order valence-corrected chi connectivity index (χ4v) is 1.87. The molecule has 0 atom stereocenters. The van der Waals surface area contributed by atoms with E-state index >= 15 is 0 Å². The van der Waals surface area contributed by atoms with Gasteiger partial charge in [-0.15, -0.1) is 0 Å². The Morgan fingerprint density at radius 2 is 1.92 bits per heavy atom. The van der Waals surface area contributed by atoms with Crippen molar-refractivity contribution >= 4 is 38.5 Å². The normalized spacial score (nSPS) is 10.3. The highest BCUT2D eigenvalue weighted by molar-refractivity contribution is 14.1. The van der Waals surface area contributed by atoms with Crippen molar-refractivity contribution in [3.05, 3.63) is 38.5 Å². The predicted octanol–water partition coefficient (Wildman–Crippen LogP) is 3.44. The first-order chi connectivity index (χ1) is 6.27. The SMILES string of the molecule is Brc1cn[nH]c1-c1ccc(I)cc1.